The van der Waals surface area contributed by atoms with E-state index in [1.54, 1.807) is 12.1 Å². The number of aliphatic imine (C=N–C) groups is 1. The normalized spacial score (nSPS) is 17.3. The van der Waals surface area contributed by atoms with Crippen molar-refractivity contribution in [2.45, 2.75) is 37.5 Å². The molecule has 0 aromatic heterocycles. The van der Waals surface area contributed by atoms with Crippen LogP contribution in [0.5, 0.6) is 0 Å². The van der Waals surface area contributed by atoms with Crippen LogP contribution in [0.4, 0.5) is 4.39 Å². The van der Waals surface area contributed by atoms with Crippen molar-refractivity contribution >= 4 is 28.5 Å². The first-order valence-corrected chi connectivity index (χ1v) is 7.42. The zero-order valence-corrected chi connectivity index (χ0v) is 11.6. The van der Waals surface area contributed by atoms with E-state index in [1.807, 2.05) is 0 Å². The van der Waals surface area contributed by atoms with Gasteiger partial charge in [0.15, 0.2) is 5.17 Å². The van der Waals surface area contributed by atoms with Crippen molar-refractivity contribution in [1.29, 1.82) is 0 Å². The fraction of sp³-hybridized carbons (Fsp3) is 0.462. The molecule has 5 heteroatoms. The van der Waals surface area contributed by atoms with Crippen LogP contribution in [0.25, 0.3) is 0 Å². The van der Waals surface area contributed by atoms with Gasteiger partial charge in [0.1, 0.15) is 5.82 Å². The lowest BCUT2D eigenvalue weighted by Crippen LogP contribution is -2.11. The van der Waals surface area contributed by atoms with Crippen LogP contribution in [0.3, 0.4) is 0 Å². The van der Waals surface area contributed by atoms with Gasteiger partial charge in [0.05, 0.1) is 6.04 Å². The number of nitrogens with zero attached hydrogens (tertiary/aromatic N) is 1. The molecule has 0 unspecified atom stereocenters. The number of thioether (sulfide) groups is 1. The number of amidine groups is 1. The Morgan fingerprint density at radius 3 is 2.83 bits per heavy atom. The Morgan fingerprint density at radius 2 is 2.17 bits per heavy atom. The molecular weight excluding hydrogens is 271 g/mol. The van der Waals surface area contributed by atoms with E-state index in [2.05, 4.69) is 4.99 Å². The second kappa shape index (κ2) is 6.43. The Bertz CT molecular complexity index is 424. The van der Waals surface area contributed by atoms with Gasteiger partial charge in [0, 0.05) is 16.3 Å². The molecule has 0 heterocycles. The number of benzene rings is 1. The number of rotatable bonds is 3. The van der Waals surface area contributed by atoms with Crippen LogP contribution in [0, 0.1) is 5.82 Å². The van der Waals surface area contributed by atoms with Gasteiger partial charge in [-0.3, -0.25) is 4.99 Å². The molecule has 1 aromatic carbocycles. The predicted octanol–water partition coefficient (Wildman–Crippen LogP) is 3.97. The molecule has 1 fully saturated rings. The van der Waals surface area contributed by atoms with Gasteiger partial charge >= 0.3 is 0 Å². The van der Waals surface area contributed by atoms with Crippen LogP contribution < -0.4 is 5.73 Å². The van der Waals surface area contributed by atoms with Gasteiger partial charge in [0.25, 0.3) is 0 Å². The molecule has 1 aliphatic rings. The monoisotopic (exact) mass is 286 g/mol. The molecular formula is C13H16ClFN2S. The topological polar surface area (TPSA) is 38.4 Å². The first-order valence-electron chi connectivity index (χ1n) is 6.06. The molecule has 98 valence electrons. The summed E-state index contributed by atoms with van der Waals surface area (Å²) in [6, 6.07) is 5.05. The molecule has 1 aliphatic carbocycles. The SMILES string of the molecule is NC(=NC1CCCC1)SCc1c(F)cccc1Cl. The highest BCUT2D eigenvalue weighted by Gasteiger charge is 2.14. The maximum Gasteiger partial charge on any atom is 0.154 e. The Hall–Kier alpha value is -0.740. The van der Waals surface area contributed by atoms with E-state index in [-0.39, 0.29) is 5.82 Å². The van der Waals surface area contributed by atoms with Gasteiger partial charge in [-0.2, -0.15) is 0 Å². The summed E-state index contributed by atoms with van der Waals surface area (Å²) in [5.41, 5.74) is 6.34. The van der Waals surface area contributed by atoms with Crippen molar-refractivity contribution in [2.75, 3.05) is 0 Å². The fourth-order valence-corrected chi connectivity index (χ4v) is 3.19. The minimum Gasteiger partial charge on any atom is -0.379 e. The Balaban J connectivity index is 1.94. The maximum absolute atomic E-state index is 13.5. The summed E-state index contributed by atoms with van der Waals surface area (Å²) in [7, 11) is 0. The highest BCUT2D eigenvalue weighted by molar-refractivity contribution is 8.13. The van der Waals surface area contributed by atoms with E-state index in [9.17, 15) is 4.39 Å². The van der Waals surface area contributed by atoms with Gasteiger partial charge < -0.3 is 5.73 Å². The van der Waals surface area contributed by atoms with Crippen molar-refractivity contribution in [3.05, 3.63) is 34.6 Å². The van der Waals surface area contributed by atoms with Gasteiger partial charge in [-0.05, 0) is 25.0 Å². The van der Waals surface area contributed by atoms with E-state index in [0.717, 1.165) is 12.8 Å². The van der Waals surface area contributed by atoms with Crippen molar-refractivity contribution in [1.82, 2.24) is 0 Å². The summed E-state index contributed by atoms with van der Waals surface area (Å²) < 4.78 is 13.5. The summed E-state index contributed by atoms with van der Waals surface area (Å²) in [5, 5.41) is 0.970. The molecule has 0 bridgehead atoms. The predicted molar refractivity (Wildman–Crippen MR) is 76.6 cm³/mol. The van der Waals surface area contributed by atoms with Gasteiger partial charge in [-0.1, -0.05) is 42.3 Å². The minimum absolute atomic E-state index is 0.288. The van der Waals surface area contributed by atoms with E-state index in [1.165, 1.54) is 30.7 Å². The lowest BCUT2D eigenvalue weighted by Gasteiger charge is -2.07. The molecule has 0 aliphatic heterocycles. The summed E-state index contributed by atoms with van der Waals surface area (Å²) in [4.78, 5) is 4.44. The average Bonchev–Trinajstić information content (AvgIpc) is 2.81. The fourth-order valence-electron chi connectivity index (χ4n) is 2.07. The molecule has 1 aromatic rings. The van der Waals surface area contributed by atoms with E-state index >= 15 is 0 Å². The van der Waals surface area contributed by atoms with Gasteiger partial charge in [-0.25, -0.2) is 4.39 Å². The lowest BCUT2D eigenvalue weighted by atomic mass is 10.2. The first kappa shape index (κ1) is 13.7. The number of halogens is 2. The molecule has 0 atom stereocenters. The van der Waals surface area contributed by atoms with Crippen LogP contribution in [0.2, 0.25) is 5.02 Å². The van der Waals surface area contributed by atoms with Crippen molar-refractivity contribution in [3.63, 3.8) is 0 Å². The lowest BCUT2D eigenvalue weighted by molar-refractivity contribution is 0.617. The molecule has 0 radical (unpaired) electrons. The minimum atomic E-state index is -0.288. The summed E-state index contributed by atoms with van der Waals surface area (Å²) in [6.07, 6.45) is 4.68. The third-order valence-corrected chi connectivity index (χ3v) is 4.25. The van der Waals surface area contributed by atoms with Gasteiger partial charge in [0.2, 0.25) is 0 Å². The summed E-state index contributed by atoms with van der Waals surface area (Å²) >= 11 is 7.30. The van der Waals surface area contributed by atoms with Crippen LogP contribution in [0.15, 0.2) is 23.2 Å². The van der Waals surface area contributed by atoms with Crippen molar-refractivity contribution in [3.8, 4) is 0 Å². The highest BCUT2D eigenvalue weighted by Crippen LogP contribution is 2.25. The maximum atomic E-state index is 13.5. The molecule has 0 saturated heterocycles. The quantitative estimate of drug-likeness (QED) is 0.674. The van der Waals surface area contributed by atoms with E-state index in [0.29, 0.717) is 27.5 Å². The second-order valence-corrected chi connectivity index (χ2v) is 5.80. The number of hydrogen-bond acceptors (Lipinski definition) is 2. The Kier molecular flexibility index (Phi) is 4.89. The smallest absolute Gasteiger partial charge is 0.154 e. The van der Waals surface area contributed by atoms with Crippen molar-refractivity contribution in [2.24, 2.45) is 10.7 Å². The third-order valence-electron chi connectivity index (χ3n) is 3.06. The third kappa shape index (κ3) is 3.62. The average molecular weight is 287 g/mol. The highest BCUT2D eigenvalue weighted by atomic mass is 35.5. The van der Waals surface area contributed by atoms with E-state index < -0.39 is 0 Å². The van der Waals surface area contributed by atoms with Crippen LogP contribution in [-0.4, -0.2) is 11.2 Å². The largest absolute Gasteiger partial charge is 0.379 e. The molecule has 2 nitrogen and oxygen atoms in total. The zero-order chi connectivity index (χ0) is 13.0. The molecule has 0 spiro atoms. The molecule has 0 amide bonds. The first-order chi connectivity index (χ1) is 8.66. The Morgan fingerprint density at radius 1 is 1.44 bits per heavy atom. The summed E-state index contributed by atoms with van der Waals surface area (Å²) in [5.74, 6) is 0.136. The molecule has 2 rings (SSSR count). The Labute approximate surface area is 116 Å². The molecule has 18 heavy (non-hydrogen) atoms. The van der Waals surface area contributed by atoms with Gasteiger partial charge in [-0.15, -0.1) is 0 Å². The number of nitrogens with two attached hydrogens (primary N) is 1. The standard InChI is InChI=1S/C13H16ClFN2S/c14-11-6-3-7-12(15)10(11)8-18-13(16)17-9-4-1-2-5-9/h3,6-7,9H,1-2,4-5,8H2,(H2,16,17). The number of hydrogen-bond donors (Lipinski definition) is 1. The zero-order valence-electron chi connectivity index (χ0n) is 10.0. The molecule has 2 N–H and O–H groups in total. The summed E-state index contributed by atoms with van der Waals surface area (Å²) in [6.45, 7) is 0. The van der Waals surface area contributed by atoms with Crippen LogP contribution >= 0.6 is 23.4 Å². The second-order valence-electron chi connectivity index (χ2n) is 4.39. The van der Waals surface area contributed by atoms with Crippen LogP contribution in [0.1, 0.15) is 31.2 Å². The van der Waals surface area contributed by atoms with E-state index in [4.69, 9.17) is 17.3 Å². The molecule has 1 saturated carbocycles. The van der Waals surface area contributed by atoms with Crippen LogP contribution in [-0.2, 0) is 5.75 Å². The van der Waals surface area contributed by atoms with Crippen molar-refractivity contribution < 1.29 is 4.39 Å².